The van der Waals surface area contributed by atoms with Gasteiger partial charge in [-0.25, -0.2) is 9.37 Å². The Hall–Kier alpha value is -2.50. The zero-order valence-corrected chi connectivity index (χ0v) is 15.4. The maximum absolute atomic E-state index is 14.0. The highest BCUT2D eigenvalue weighted by Crippen LogP contribution is 2.39. The monoisotopic (exact) mass is 370 g/mol. The van der Waals surface area contributed by atoms with Gasteiger partial charge in [0.1, 0.15) is 0 Å². The highest BCUT2D eigenvalue weighted by molar-refractivity contribution is 5.69. The van der Waals surface area contributed by atoms with Gasteiger partial charge >= 0.3 is 0 Å². The molecular formula is C21H25FN3O2. The van der Waals surface area contributed by atoms with Crippen LogP contribution in [0.3, 0.4) is 0 Å². The van der Waals surface area contributed by atoms with Crippen LogP contribution in [0.1, 0.15) is 38.5 Å². The minimum absolute atomic E-state index is 0.0524. The van der Waals surface area contributed by atoms with Crippen LogP contribution in [-0.4, -0.2) is 30.8 Å². The van der Waals surface area contributed by atoms with Gasteiger partial charge in [0.25, 0.3) is 0 Å². The summed E-state index contributed by atoms with van der Waals surface area (Å²) in [5.41, 5.74) is 0.603. The molecule has 5 nitrogen and oxygen atoms in total. The molecule has 4 rings (SSSR count). The van der Waals surface area contributed by atoms with E-state index in [9.17, 15) is 9.50 Å². The van der Waals surface area contributed by atoms with Crippen LogP contribution in [-0.2, 0) is 5.11 Å². The van der Waals surface area contributed by atoms with Crippen LogP contribution in [0.2, 0.25) is 0 Å². The topological polar surface area (TPSA) is 48.5 Å². The van der Waals surface area contributed by atoms with Gasteiger partial charge < -0.3 is 14.5 Å². The molecule has 0 saturated carbocycles. The number of hydrogen-bond acceptors (Lipinski definition) is 4. The zero-order chi connectivity index (χ0) is 18.6. The molecular weight excluding hydrogens is 345 g/mol. The van der Waals surface area contributed by atoms with E-state index in [0.717, 1.165) is 51.7 Å². The molecule has 1 aromatic carbocycles. The van der Waals surface area contributed by atoms with Crippen molar-refractivity contribution in [2.75, 3.05) is 29.4 Å². The lowest BCUT2D eigenvalue weighted by Crippen LogP contribution is -2.43. The maximum Gasteiger partial charge on any atom is 0.244 e. The molecule has 2 aliphatic heterocycles. The molecule has 1 radical (unpaired) electrons. The minimum Gasteiger partial charge on any atom is -0.467 e. The van der Waals surface area contributed by atoms with Crippen LogP contribution < -0.4 is 14.5 Å². The Morgan fingerprint density at radius 1 is 1.00 bits per heavy atom. The average molecular weight is 370 g/mol. The number of para-hydroxylation sites is 1. The summed E-state index contributed by atoms with van der Waals surface area (Å²) in [6, 6.07) is 8.18. The van der Waals surface area contributed by atoms with Gasteiger partial charge in [0, 0.05) is 32.3 Å². The molecule has 1 unspecified atom stereocenters. The third-order valence-electron chi connectivity index (χ3n) is 5.38. The number of rotatable bonds is 4. The largest absolute Gasteiger partial charge is 0.467 e. The van der Waals surface area contributed by atoms with Crippen molar-refractivity contribution in [3.63, 3.8) is 0 Å². The Kier molecular flexibility index (Phi) is 5.32. The number of aromatic nitrogens is 1. The van der Waals surface area contributed by atoms with Crippen molar-refractivity contribution < 1.29 is 14.2 Å². The first-order chi connectivity index (χ1) is 13.2. The number of halogens is 1. The van der Waals surface area contributed by atoms with E-state index in [1.54, 1.807) is 30.5 Å². The van der Waals surface area contributed by atoms with Crippen molar-refractivity contribution in [1.82, 2.24) is 4.98 Å². The second-order valence-electron chi connectivity index (χ2n) is 7.22. The van der Waals surface area contributed by atoms with Crippen molar-refractivity contribution in [2.45, 2.75) is 44.8 Å². The predicted octanol–water partition coefficient (Wildman–Crippen LogP) is 4.75. The summed E-state index contributed by atoms with van der Waals surface area (Å²) in [5.74, 6) is 0.326. The Morgan fingerprint density at radius 3 is 2.59 bits per heavy atom. The molecule has 6 heteroatoms. The number of benzene rings is 1. The van der Waals surface area contributed by atoms with Crippen LogP contribution in [0.15, 0.2) is 36.5 Å². The highest BCUT2D eigenvalue weighted by Gasteiger charge is 2.30. The van der Waals surface area contributed by atoms with E-state index >= 15 is 0 Å². The normalized spacial score (nSPS) is 20.6. The van der Waals surface area contributed by atoms with E-state index < -0.39 is 0 Å². The van der Waals surface area contributed by atoms with Gasteiger partial charge in [-0.1, -0.05) is 12.1 Å². The number of nitrogens with zero attached hydrogens (tertiary/aromatic N) is 3. The highest BCUT2D eigenvalue weighted by atomic mass is 19.1. The van der Waals surface area contributed by atoms with E-state index in [4.69, 9.17) is 4.74 Å². The fourth-order valence-electron chi connectivity index (χ4n) is 3.97. The molecule has 143 valence electrons. The van der Waals surface area contributed by atoms with Crippen LogP contribution in [0, 0.1) is 5.82 Å². The first kappa shape index (κ1) is 17.9. The fraction of sp³-hybridized carbons (Fsp3) is 0.476. The molecule has 0 N–H and O–H groups in total. The van der Waals surface area contributed by atoms with E-state index in [0.29, 0.717) is 11.5 Å². The molecule has 1 aromatic heterocycles. The van der Waals surface area contributed by atoms with E-state index in [2.05, 4.69) is 9.88 Å². The predicted molar refractivity (Wildman–Crippen MR) is 102 cm³/mol. The molecule has 0 bridgehead atoms. The third-order valence-corrected chi connectivity index (χ3v) is 5.38. The van der Waals surface area contributed by atoms with E-state index in [1.807, 2.05) is 4.90 Å². The lowest BCUT2D eigenvalue weighted by Gasteiger charge is -2.38. The van der Waals surface area contributed by atoms with Gasteiger partial charge in [-0.3, -0.25) is 5.11 Å². The number of anilines is 2. The third kappa shape index (κ3) is 3.80. The lowest BCUT2D eigenvalue weighted by molar-refractivity contribution is 0.157. The number of ether oxygens (including phenoxy) is 1. The summed E-state index contributed by atoms with van der Waals surface area (Å²) in [6.45, 7) is 2.47. The van der Waals surface area contributed by atoms with Gasteiger partial charge in [0.15, 0.2) is 23.6 Å². The Balaban J connectivity index is 1.61. The van der Waals surface area contributed by atoms with Gasteiger partial charge in [-0.15, -0.1) is 0 Å². The quantitative estimate of drug-likeness (QED) is 0.779. The molecule has 0 spiro atoms. The summed E-state index contributed by atoms with van der Waals surface area (Å²) in [7, 11) is 0. The van der Waals surface area contributed by atoms with Gasteiger partial charge in [-0.2, -0.15) is 0 Å². The number of hydrogen-bond donors (Lipinski definition) is 0. The number of piperidine rings is 2. The molecule has 1 atom stereocenters. The molecule has 2 aliphatic rings. The maximum atomic E-state index is 14.0. The van der Waals surface area contributed by atoms with Crippen LogP contribution in [0.25, 0.3) is 0 Å². The second kappa shape index (κ2) is 8.03. The van der Waals surface area contributed by atoms with Gasteiger partial charge in [0.2, 0.25) is 5.75 Å². The van der Waals surface area contributed by atoms with E-state index in [-0.39, 0.29) is 23.5 Å². The molecule has 2 saturated heterocycles. The Bertz CT molecular complexity index is 780. The standard InChI is InChI=1S/C21H25FN3O2/c22-16-8-2-3-9-18(16)27-19-10-4-7-15-25(19)17-11-12-23-21(20(17)26)24-13-5-1-6-14-24/h2-3,8-9,11-12,19H,1,4-7,10,13-15H2. The van der Waals surface area contributed by atoms with E-state index in [1.165, 1.54) is 12.5 Å². The summed E-state index contributed by atoms with van der Waals surface area (Å²) >= 11 is 0. The summed E-state index contributed by atoms with van der Waals surface area (Å²) in [4.78, 5) is 8.44. The average Bonchev–Trinajstić information content (AvgIpc) is 2.71. The Morgan fingerprint density at radius 2 is 1.78 bits per heavy atom. The molecule has 27 heavy (non-hydrogen) atoms. The molecule has 3 heterocycles. The molecule has 0 aliphatic carbocycles. The van der Waals surface area contributed by atoms with Gasteiger partial charge in [0.05, 0.1) is 5.69 Å². The first-order valence-electron chi connectivity index (χ1n) is 9.83. The SMILES string of the molecule is [O]c1c(N2CCCCC2Oc2ccccc2F)ccnc1N1CCCCC1. The molecule has 2 aromatic rings. The van der Waals surface area contributed by atoms with Crippen molar-refractivity contribution in [3.05, 3.63) is 42.3 Å². The van der Waals surface area contributed by atoms with Crippen molar-refractivity contribution in [2.24, 2.45) is 0 Å². The van der Waals surface area contributed by atoms with Crippen molar-refractivity contribution in [1.29, 1.82) is 0 Å². The summed E-state index contributed by atoms with van der Waals surface area (Å²) in [6.07, 6.45) is 7.48. The number of pyridine rings is 1. The van der Waals surface area contributed by atoms with Crippen LogP contribution in [0.5, 0.6) is 11.5 Å². The molecule has 2 fully saturated rings. The first-order valence-corrected chi connectivity index (χ1v) is 9.83. The lowest BCUT2D eigenvalue weighted by atomic mass is 10.1. The van der Waals surface area contributed by atoms with Crippen LogP contribution in [0.4, 0.5) is 15.9 Å². The zero-order valence-electron chi connectivity index (χ0n) is 15.4. The fourth-order valence-corrected chi connectivity index (χ4v) is 3.97. The minimum atomic E-state index is -0.380. The van der Waals surface area contributed by atoms with Gasteiger partial charge in [-0.05, 0) is 50.3 Å². The second-order valence-corrected chi connectivity index (χ2v) is 7.22. The molecule has 0 amide bonds. The summed E-state index contributed by atoms with van der Waals surface area (Å²) < 4.78 is 20.0. The summed E-state index contributed by atoms with van der Waals surface area (Å²) in [5, 5.41) is 13.2. The van der Waals surface area contributed by atoms with Crippen molar-refractivity contribution >= 4 is 11.5 Å². The van der Waals surface area contributed by atoms with Crippen molar-refractivity contribution in [3.8, 4) is 11.5 Å². The Labute approximate surface area is 159 Å². The smallest absolute Gasteiger partial charge is 0.244 e. The van der Waals surface area contributed by atoms with Crippen LogP contribution >= 0.6 is 0 Å².